The minimum Gasteiger partial charge on any atom is -0.507 e. The van der Waals surface area contributed by atoms with Gasteiger partial charge < -0.3 is 24.4 Å². The highest BCUT2D eigenvalue weighted by atomic mass is 19.1. The molecular formula is C23H25FN2O5. The highest BCUT2D eigenvalue weighted by Crippen LogP contribution is 2.41. The van der Waals surface area contributed by atoms with Gasteiger partial charge in [-0.15, -0.1) is 0 Å². The van der Waals surface area contributed by atoms with Gasteiger partial charge in [0.2, 0.25) is 0 Å². The van der Waals surface area contributed by atoms with Crippen molar-refractivity contribution in [2.75, 3.05) is 41.4 Å². The van der Waals surface area contributed by atoms with Crippen molar-refractivity contribution in [2.24, 2.45) is 0 Å². The highest BCUT2D eigenvalue weighted by molar-refractivity contribution is 6.46. The predicted octanol–water partition coefficient (Wildman–Crippen LogP) is 2.83. The number of aliphatic hydroxyl groups excluding tert-OH is 1. The number of nitrogens with zero attached hydrogens (tertiary/aromatic N) is 2. The summed E-state index contributed by atoms with van der Waals surface area (Å²) in [4.78, 5) is 29.1. The molecule has 7 nitrogen and oxygen atoms in total. The summed E-state index contributed by atoms with van der Waals surface area (Å²) in [6.07, 6.45) is 0. The summed E-state index contributed by atoms with van der Waals surface area (Å²) < 4.78 is 24.1. The number of ether oxygens (including phenoxy) is 2. The average molecular weight is 428 g/mol. The van der Waals surface area contributed by atoms with E-state index >= 15 is 0 Å². The molecule has 0 aliphatic carbocycles. The summed E-state index contributed by atoms with van der Waals surface area (Å²) in [5, 5.41) is 11.1. The van der Waals surface area contributed by atoms with Crippen molar-refractivity contribution in [3.8, 4) is 11.5 Å². The lowest BCUT2D eigenvalue weighted by Crippen LogP contribution is -2.35. The largest absolute Gasteiger partial charge is 0.507 e. The fourth-order valence-electron chi connectivity index (χ4n) is 3.55. The van der Waals surface area contributed by atoms with E-state index in [-0.39, 0.29) is 29.2 Å². The van der Waals surface area contributed by atoms with E-state index in [0.717, 1.165) is 0 Å². The minimum atomic E-state index is -0.854. The summed E-state index contributed by atoms with van der Waals surface area (Å²) >= 11 is 0. The van der Waals surface area contributed by atoms with Crippen LogP contribution in [0.4, 0.5) is 4.39 Å². The molecule has 0 saturated carbocycles. The molecular weight excluding hydrogens is 403 g/mol. The molecule has 0 unspecified atom stereocenters. The Bertz CT molecular complexity index is 1020. The van der Waals surface area contributed by atoms with E-state index in [4.69, 9.17) is 9.47 Å². The summed E-state index contributed by atoms with van der Waals surface area (Å²) in [5.41, 5.74) is 0.702. The van der Waals surface area contributed by atoms with Gasteiger partial charge >= 0.3 is 0 Å². The van der Waals surface area contributed by atoms with Crippen LogP contribution in [0, 0.1) is 5.82 Å². The lowest BCUT2D eigenvalue weighted by Gasteiger charge is -2.26. The van der Waals surface area contributed by atoms with Gasteiger partial charge in [-0.25, -0.2) is 4.39 Å². The maximum absolute atomic E-state index is 13.5. The number of likely N-dealkylation sites (tertiary alicyclic amines) is 1. The van der Waals surface area contributed by atoms with Crippen LogP contribution >= 0.6 is 0 Å². The number of carbonyl (C=O) groups excluding carboxylic acids is 2. The van der Waals surface area contributed by atoms with Gasteiger partial charge in [0.25, 0.3) is 11.7 Å². The number of Topliss-reactive ketones (excluding diaryl/α,β-unsaturated/α-hetero) is 1. The number of ketones is 1. The van der Waals surface area contributed by atoms with Crippen molar-refractivity contribution in [1.82, 2.24) is 9.80 Å². The van der Waals surface area contributed by atoms with Crippen LogP contribution in [-0.2, 0) is 9.59 Å². The number of hydrogen-bond acceptors (Lipinski definition) is 6. The van der Waals surface area contributed by atoms with Crippen LogP contribution in [0.3, 0.4) is 0 Å². The molecule has 1 fully saturated rings. The quantitative estimate of drug-likeness (QED) is 0.415. The van der Waals surface area contributed by atoms with Crippen molar-refractivity contribution in [2.45, 2.75) is 6.04 Å². The Kier molecular flexibility index (Phi) is 6.60. The van der Waals surface area contributed by atoms with Crippen LogP contribution in [0.5, 0.6) is 11.5 Å². The van der Waals surface area contributed by atoms with E-state index in [1.807, 2.05) is 19.0 Å². The van der Waals surface area contributed by atoms with E-state index in [1.54, 1.807) is 18.2 Å². The summed E-state index contributed by atoms with van der Waals surface area (Å²) in [6.45, 7) is 0.771. The average Bonchev–Trinajstić information content (AvgIpc) is 3.01. The van der Waals surface area contributed by atoms with Gasteiger partial charge in [-0.3, -0.25) is 9.59 Å². The molecule has 2 aromatic carbocycles. The van der Waals surface area contributed by atoms with Crippen LogP contribution in [0.1, 0.15) is 17.2 Å². The highest BCUT2D eigenvalue weighted by Gasteiger charge is 2.46. The first kappa shape index (κ1) is 22.3. The van der Waals surface area contributed by atoms with E-state index in [2.05, 4.69) is 0 Å². The van der Waals surface area contributed by atoms with Crippen LogP contribution < -0.4 is 9.47 Å². The maximum Gasteiger partial charge on any atom is 0.295 e. The molecule has 0 spiro atoms. The molecule has 1 N–H and O–H groups in total. The molecule has 3 rings (SSSR count). The number of amides is 1. The Morgan fingerprint density at radius 3 is 2.35 bits per heavy atom. The number of likely N-dealkylation sites (N-methyl/N-ethyl adjacent to an activating group) is 1. The maximum atomic E-state index is 13.5. The zero-order chi connectivity index (χ0) is 22.7. The van der Waals surface area contributed by atoms with Crippen molar-refractivity contribution in [3.63, 3.8) is 0 Å². The number of hydrogen-bond donors (Lipinski definition) is 1. The Labute approximate surface area is 180 Å². The lowest BCUT2D eigenvalue weighted by molar-refractivity contribution is -0.140. The van der Waals surface area contributed by atoms with E-state index in [1.165, 1.54) is 43.4 Å². The SMILES string of the molecule is COc1ccc(C(O)=C2C(=O)C(=O)N(CCN(C)C)[C@@H]2c2ccc(F)cc2)c(OC)c1. The fourth-order valence-corrected chi connectivity index (χ4v) is 3.55. The third-order valence-corrected chi connectivity index (χ3v) is 5.18. The van der Waals surface area contributed by atoms with Gasteiger partial charge in [0.15, 0.2) is 0 Å². The molecule has 1 atom stereocenters. The normalized spacial score (nSPS) is 18.0. The number of methoxy groups -OCH3 is 2. The Balaban J connectivity index is 2.18. The molecule has 164 valence electrons. The standard InChI is InChI=1S/C23H25FN2O5/c1-25(2)11-12-26-20(14-5-7-15(24)8-6-14)19(22(28)23(26)29)21(27)17-10-9-16(30-3)13-18(17)31-4/h5-10,13,20,27H,11-12H2,1-4H3/t20-/m1/s1. The Hall–Kier alpha value is -3.39. The molecule has 1 aliphatic heterocycles. The van der Waals surface area contributed by atoms with Gasteiger partial charge in [0.05, 0.1) is 31.4 Å². The Morgan fingerprint density at radius 1 is 1.10 bits per heavy atom. The van der Waals surface area contributed by atoms with Crippen LogP contribution in [-0.4, -0.2) is 68.0 Å². The van der Waals surface area contributed by atoms with Gasteiger partial charge in [-0.1, -0.05) is 12.1 Å². The van der Waals surface area contributed by atoms with Gasteiger partial charge in [-0.2, -0.15) is 0 Å². The molecule has 1 saturated heterocycles. The lowest BCUT2D eigenvalue weighted by atomic mass is 9.95. The molecule has 1 heterocycles. The first-order valence-corrected chi connectivity index (χ1v) is 9.69. The molecule has 1 aliphatic rings. The van der Waals surface area contributed by atoms with Crippen molar-refractivity contribution >= 4 is 17.4 Å². The van der Waals surface area contributed by atoms with Crippen LogP contribution in [0.15, 0.2) is 48.0 Å². The third-order valence-electron chi connectivity index (χ3n) is 5.18. The van der Waals surface area contributed by atoms with E-state index in [0.29, 0.717) is 17.9 Å². The fraction of sp³-hybridized carbons (Fsp3) is 0.304. The van der Waals surface area contributed by atoms with Gasteiger partial charge in [0.1, 0.15) is 23.1 Å². The smallest absolute Gasteiger partial charge is 0.295 e. The zero-order valence-corrected chi connectivity index (χ0v) is 17.9. The second kappa shape index (κ2) is 9.18. The first-order chi connectivity index (χ1) is 14.8. The summed E-state index contributed by atoms with van der Waals surface area (Å²) in [6, 6.07) is 9.43. The zero-order valence-electron chi connectivity index (χ0n) is 17.9. The van der Waals surface area contributed by atoms with Crippen LogP contribution in [0.2, 0.25) is 0 Å². The molecule has 0 bridgehead atoms. The van der Waals surface area contributed by atoms with Crippen molar-refractivity contribution < 1.29 is 28.6 Å². The number of rotatable bonds is 7. The monoisotopic (exact) mass is 428 g/mol. The molecule has 0 radical (unpaired) electrons. The third kappa shape index (κ3) is 4.39. The topological polar surface area (TPSA) is 79.3 Å². The van der Waals surface area contributed by atoms with Gasteiger partial charge in [-0.05, 0) is 43.9 Å². The second-order valence-corrected chi connectivity index (χ2v) is 7.41. The first-order valence-electron chi connectivity index (χ1n) is 9.69. The van der Waals surface area contributed by atoms with E-state index in [9.17, 15) is 19.1 Å². The van der Waals surface area contributed by atoms with Crippen LogP contribution in [0.25, 0.3) is 5.76 Å². The number of halogens is 1. The molecule has 1 amide bonds. The number of benzene rings is 2. The Morgan fingerprint density at radius 2 is 1.77 bits per heavy atom. The van der Waals surface area contributed by atoms with Gasteiger partial charge in [0, 0.05) is 19.2 Å². The molecule has 8 heteroatoms. The number of aliphatic hydroxyl groups is 1. The molecule has 0 aromatic heterocycles. The van der Waals surface area contributed by atoms with E-state index < -0.39 is 23.5 Å². The second-order valence-electron chi connectivity index (χ2n) is 7.41. The van der Waals surface area contributed by atoms with Crippen molar-refractivity contribution in [3.05, 3.63) is 65.0 Å². The number of carbonyl (C=O) groups is 2. The van der Waals surface area contributed by atoms with Crippen molar-refractivity contribution in [1.29, 1.82) is 0 Å². The minimum absolute atomic E-state index is 0.0705. The predicted molar refractivity (Wildman–Crippen MR) is 114 cm³/mol. The molecule has 2 aromatic rings. The molecule has 31 heavy (non-hydrogen) atoms. The summed E-state index contributed by atoms with van der Waals surface area (Å²) in [7, 11) is 6.63. The summed E-state index contributed by atoms with van der Waals surface area (Å²) in [5.74, 6) is -1.52.